The number of aromatic nitrogens is 3. The SMILES string of the molecule is Cc1ccnc(-n2cc(N)c(-c3ccc(Cl)s3)n2)c1. The van der Waals surface area contributed by atoms with Crippen LogP contribution in [-0.4, -0.2) is 14.8 Å². The number of nitrogen functional groups attached to an aromatic ring is 1. The average molecular weight is 291 g/mol. The van der Waals surface area contributed by atoms with Crippen LogP contribution in [0.5, 0.6) is 0 Å². The van der Waals surface area contributed by atoms with E-state index >= 15 is 0 Å². The largest absolute Gasteiger partial charge is 0.396 e. The monoisotopic (exact) mass is 290 g/mol. The molecule has 0 saturated carbocycles. The summed E-state index contributed by atoms with van der Waals surface area (Å²) in [7, 11) is 0. The quantitative estimate of drug-likeness (QED) is 0.785. The van der Waals surface area contributed by atoms with Crippen LogP contribution in [0.2, 0.25) is 4.34 Å². The normalized spacial score (nSPS) is 10.8. The fourth-order valence-electron chi connectivity index (χ4n) is 1.78. The van der Waals surface area contributed by atoms with Gasteiger partial charge in [0.15, 0.2) is 5.82 Å². The van der Waals surface area contributed by atoms with Crippen molar-refractivity contribution in [3.8, 4) is 16.4 Å². The fourth-order valence-corrected chi connectivity index (χ4v) is 2.83. The van der Waals surface area contributed by atoms with Crippen LogP contribution in [0.15, 0.2) is 36.7 Å². The molecule has 0 spiro atoms. The topological polar surface area (TPSA) is 56.7 Å². The van der Waals surface area contributed by atoms with E-state index in [1.54, 1.807) is 17.1 Å². The van der Waals surface area contributed by atoms with Crippen molar-refractivity contribution in [2.24, 2.45) is 0 Å². The Kier molecular flexibility index (Phi) is 3.00. The number of hydrogen-bond donors (Lipinski definition) is 1. The predicted octanol–water partition coefficient (Wildman–Crippen LogP) is 3.54. The average Bonchev–Trinajstić information content (AvgIpc) is 2.95. The Morgan fingerprint density at radius 3 is 2.84 bits per heavy atom. The summed E-state index contributed by atoms with van der Waals surface area (Å²) >= 11 is 7.39. The van der Waals surface area contributed by atoms with Crippen LogP contribution in [0.1, 0.15) is 5.56 Å². The van der Waals surface area contributed by atoms with Crippen molar-refractivity contribution >= 4 is 28.6 Å². The lowest BCUT2D eigenvalue weighted by Crippen LogP contribution is -1.98. The van der Waals surface area contributed by atoms with E-state index in [9.17, 15) is 0 Å². The minimum atomic E-state index is 0.613. The maximum Gasteiger partial charge on any atom is 0.153 e. The molecule has 0 aliphatic rings. The molecule has 4 nitrogen and oxygen atoms in total. The molecule has 0 aromatic carbocycles. The van der Waals surface area contributed by atoms with Crippen molar-refractivity contribution in [2.45, 2.75) is 6.92 Å². The molecule has 0 aliphatic heterocycles. The number of pyridine rings is 1. The molecule has 0 aliphatic carbocycles. The second-order valence-electron chi connectivity index (χ2n) is 4.17. The third-order valence-electron chi connectivity index (χ3n) is 2.68. The first-order valence-electron chi connectivity index (χ1n) is 5.67. The Bertz CT molecular complexity index is 732. The Morgan fingerprint density at radius 1 is 1.32 bits per heavy atom. The summed E-state index contributed by atoms with van der Waals surface area (Å²) in [5, 5.41) is 4.49. The van der Waals surface area contributed by atoms with Gasteiger partial charge in [-0.3, -0.25) is 0 Å². The molecular formula is C13H11ClN4S. The zero-order valence-electron chi connectivity index (χ0n) is 10.2. The van der Waals surface area contributed by atoms with Crippen LogP contribution in [0.25, 0.3) is 16.4 Å². The number of nitrogens with zero attached hydrogens (tertiary/aromatic N) is 3. The van der Waals surface area contributed by atoms with Gasteiger partial charge in [-0.25, -0.2) is 9.67 Å². The number of halogens is 1. The summed E-state index contributed by atoms with van der Waals surface area (Å²) < 4.78 is 2.41. The standard InChI is InChI=1S/C13H11ClN4S/c1-8-4-5-16-12(6-8)18-7-9(15)13(17-18)10-2-3-11(14)19-10/h2-7H,15H2,1H3. The second-order valence-corrected chi connectivity index (χ2v) is 5.89. The number of thiophene rings is 1. The fraction of sp³-hybridized carbons (Fsp3) is 0.0769. The van der Waals surface area contributed by atoms with Crippen molar-refractivity contribution in [1.29, 1.82) is 0 Å². The highest BCUT2D eigenvalue weighted by Crippen LogP contribution is 2.33. The molecule has 3 aromatic rings. The Labute approximate surface area is 119 Å². The Hall–Kier alpha value is -1.85. The first kappa shape index (κ1) is 12.2. The van der Waals surface area contributed by atoms with Gasteiger partial charge in [0, 0.05) is 6.20 Å². The zero-order chi connectivity index (χ0) is 13.4. The van der Waals surface area contributed by atoms with Gasteiger partial charge in [0.1, 0.15) is 5.69 Å². The van der Waals surface area contributed by atoms with E-state index in [0.29, 0.717) is 5.69 Å². The summed E-state index contributed by atoms with van der Waals surface area (Å²) in [6.07, 6.45) is 3.52. The molecule has 0 amide bonds. The van der Waals surface area contributed by atoms with Gasteiger partial charge in [-0.05, 0) is 36.8 Å². The molecule has 0 radical (unpaired) electrons. The molecule has 0 fully saturated rings. The zero-order valence-corrected chi connectivity index (χ0v) is 11.7. The number of anilines is 1. The number of hydrogen-bond acceptors (Lipinski definition) is 4. The van der Waals surface area contributed by atoms with Gasteiger partial charge in [0.05, 0.1) is 21.1 Å². The highest BCUT2D eigenvalue weighted by molar-refractivity contribution is 7.19. The lowest BCUT2D eigenvalue weighted by molar-refractivity contribution is 0.849. The minimum Gasteiger partial charge on any atom is -0.396 e. The molecular weight excluding hydrogens is 280 g/mol. The van der Waals surface area contributed by atoms with Crippen LogP contribution < -0.4 is 5.73 Å². The molecule has 3 heterocycles. The third kappa shape index (κ3) is 2.34. The van der Waals surface area contributed by atoms with Gasteiger partial charge in [-0.15, -0.1) is 11.3 Å². The van der Waals surface area contributed by atoms with Gasteiger partial charge in [0.2, 0.25) is 0 Å². The van der Waals surface area contributed by atoms with Crippen LogP contribution in [0, 0.1) is 6.92 Å². The number of rotatable bonds is 2. The van der Waals surface area contributed by atoms with E-state index in [1.165, 1.54) is 11.3 Å². The molecule has 0 bridgehead atoms. The summed E-state index contributed by atoms with van der Waals surface area (Å²) in [5.41, 5.74) is 8.48. The van der Waals surface area contributed by atoms with Crippen LogP contribution in [0.3, 0.4) is 0 Å². The van der Waals surface area contributed by atoms with Gasteiger partial charge >= 0.3 is 0 Å². The highest BCUT2D eigenvalue weighted by Gasteiger charge is 2.12. The number of aryl methyl sites for hydroxylation is 1. The maximum absolute atomic E-state index is 6.01. The molecule has 0 atom stereocenters. The van der Waals surface area contributed by atoms with Crippen LogP contribution >= 0.6 is 22.9 Å². The summed E-state index contributed by atoms with van der Waals surface area (Å²) in [6.45, 7) is 2.01. The van der Waals surface area contributed by atoms with Crippen LogP contribution in [0.4, 0.5) is 5.69 Å². The molecule has 96 valence electrons. The van der Waals surface area contributed by atoms with Crippen molar-refractivity contribution < 1.29 is 0 Å². The van der Waals surface area contributed by atoms with Crippen molar-refractivity contribution in [1.82, 2.24) is 14.8 Å². The maximum atomic E-state index is 6.01. The van der Waals surface area contributed by atoms with E-state index in [4.69, 9.17) is 17.3 Å². The molecule has 3 aromatic heterocycles. The Balaban J connectivity index is 2.06. The molecule has 3 rings (SSSR count). The number of nitrogens with two attached hydrogens (primary N) is 1. The molecule has 2 N–H and O–H groups in total. The van der Waals surface area contributed by atoms with Crippen molar-refractivity contribution in [2.75, 3.05) is 5.73 Å². The summed E-state index contributed by atoms with van der Waals surface area (Å²) in [5.74, 6) is 0.751. The molecule has 0 unspecified atom stereocenters. The summed E-state index contributed by atoms with van der Waals surface area (Å²) in [4.78, 5) is 5.24. The first-order valence-corrected chi connectivity index (χ1v) is 6.87. The minimum absolute atomic E-state index is 0.613. The van der Waals surface area contributed by atoms with E-state index in [2.05, 4.69) is 10.1 Å². The van der Waals surface area contributed by atoms with E-state index in [0.717, 1.165) is 26.3 Å². The molecule has 0 saturated heterocycles. The van der Waals surface area contributed by atoms with Crippen molar-refractivity contribution in [3.63, 3.8) is 0 Å². The predicted molar refractivity (Wildman–Crippen MR) is 78.8 cm³/mol. The van der Waals surface area contributed by atoms with Crippen LogP contribution in [-0.2, 0) is 0 Å². The van der Waals surface area contributed by atoms with Gasteiger partial charge in [0.25, 0.3) is 0 Å². The van der Waals surface area contributed by atoms with Gasteiger partial charge in [-0.1, -0.05) is 11.6 Å². The first-order chi connectivity index (χ1) is 9.13. The molecule has 6 heteroatoms. The van der Waals surface area contributed by atoms with Gasteiger partial charge < -0.3 is 5.73 Å². The van der Waals surface area contributed by atoms with E-state index in [-0.39, 0.29) is 0 Å². The van der Waals surface area contributed by atoms with E-state index in [1.807, 2.05) is 31.2 Å². The second kappa shape index (κ2) is 4.68. The molecule has 19 heavy (non-hydrogen) atoms. The smallest absolute Gasteiger partial charge is 0.153 e. The Morgan fingerprint density at radius 2 is 2.16 bits per heavy atom. The van der Waals surface area contributed by atoms with Crippen molar-refractivity contribution in [3.05, 3.63) is 46.6 Å². The van der Waals surface area contributed by atoms with E-state index < -0.39 is 0 Å². The van der Waals surface area contributed by atoms with Gasteiger partial charge in [-0.2, -0.15) is 5.10 Å². The lowest BCUT2D eigenvalue weighted by atomic mass is 10.3. The highest BCUT2D eigenvalue weighted by atomic mass is 35.5. The summed E-state index contributed by atoms with van der Waals surface area (Å²) in [6, 6.07) is 7.65. The third-order valence-corrected chi connectivity index (χ3v) is 3.92. The lowest BCUT2D eigenvalue weighted by Gasteiger charge is -2.00.